The van der Waals surface area contributed by atoms with E-state index in [2.05, 4.69) is 16.4 Å². The van der Waals surface area contributed by atoms with E-state index in [1.54, 1.807) is 43.9 Å². The van der Waals surface area contributed by atoms with Crippen LogP contribution < -0.4 is 10.2 Å². The second-order valence-corrected chi connectivity index (χ2v) is 13.2. The summed E-state index contributed by atoms with van der Waals surface area (Å²) in [6, 6.07) is 13.8. The molecule has 1 atom stereocenters. The number of terminal acetylenes is 1. The zero-order chi connectivity index (χ0) is 40.2. The van der Waals surface area contributed by atoms with Crippen molar-refractivity contribution in [3.63, 3.8) is 0 Å². The maximum absolute atomic E-state index is 13.7. The van der Waals surface area contributed by atoms with Gasteiger partial charge in [0.15, 0.2) is 0 Å². The number of aliphatic carboxylic acids is 2. The van der Waals surface area contributed by atoms with Gasteiger partial charge in [0, 0.05) is 82.5 Å². The van der Waals surface area contributed by atoms with Crippen molar-refractivity contribution in [2.45, 2.75) is 45.2 Å². The molecule has 3 rings (SSSR count). The van der Waals surface area contributed by atoms with Crippen molar-refractivity contribution in [2.24, 2.45) is 5.18 Å². The van der Waals surface area contributed by atoms with Crippen LogP contribution in [-0.2, 0) is 41.7 Å². The number of amides is 3. The number of carbonyl (C=O) groups is 6. The molecule has 1 saturated heterocycles. The van der Waals surface area contributed by atoms with Gasteiger partial charge in [0.1, 0.15) is 6.29 Å². The van der Waals surface area contributed by atoms with E-state index in [1.165, 1.54) is 0 Å². The molecular weight excluding hydrogens is 710 g/mol. The molecule has 55 heavy (non-hydrogen) atoms. The number of carboxylic acid groups (broad SMARTS) is 2. The Kier molecular flexibility index (Phi) is 18.8. The lowest BCUT2D eigenvalue weighted by atomic mass is 10.0. The summed E-state index contributed by atoms with van der Waals surface area (Å²) < 4.78 is 0. The lowest BCUT2D eigenvalue weighted by molar-refractivity contribution is -0.139. The predicted octanol–water partition coefficient (Wildman–Crippen LogP) is 1.30. The van der Waals surface area contributed by atoms with Gasteiger partial charge in [0.2, 0.25) is 11.8 Å². The molecule has 2 aromatic carbocycles. The van der Waals surface area contributed by atoms with Crippen LogP contribution in [0.15, 0.2) is 53.7 Å². The molecule has 0 aromatic heterocycles. The summed E-state index contributed by atoms with van der Waals surface area (Å²) in [5, 5.41) is 24.4. The van der Waals surface area contributed by atoms with Crippen molar-refractivity contribution in [1.82, 2.24) is 24.9 Å². The van der Waals surface area contributed by atoms with Crippen LogP contribution in [0.5, 0.6) is 0 Å². The first-order valence-corrected chi connectivity index (χ1v) is 18.3. The van der Waals surface area contributed by atoms with E-state index < -0.39 is 29.8 Å². The minimum absolute atomic E-state index is 0.00844. The molecule has 1 aliphatic rings. The zero-order valence-corrected chi connectivity index (χ0v) is 31.3. The minimum Gasteiger partial charge on any atom is -0.480 e. The Labute approximate surface area is 321 Å². The molecule has 1 unspecified atom stereocenters. The number of benzene rings is 2. The third-order valence-corrected chi connectivity index (χ3v) is 9.52. The fourth-order valence-electron chi connectivity index (χ4n) is 6.54. The lowest BCUT2D eigenvalue weighted by Crippen LogP contribution is -2.51. The number of hydrogen-bond acceptors (Lipinski definition) is 11. The maximum Gasteiger partial charge on any atom is 0.317 e. The molecule has 16 heteroatoms. The van der Waals surface area contributed by atoms with Gasteiger partial charge in [-0.25, -0.2) is 0 Å². The zero-order valence-electron chi connectivity index (χ0n) is 31.3. The first-order chi connectivity index (χ1) is 26.5. The Morgan fingerprint density at radius 1 is 0.855 bits per heavy atom. The van der Waals surface area contributed by atoms with Crippen LogP contribution in [0.4, 0.5) is 5.69 Å². The highest BCUT2D eigenvalue weighted by atomic mass is 16.4. The number of aryl methyl sites for hydroxylation is 1. The van der Waals surface area contributed by atoms with Crippen LogP contribution in [0.2, 0.25) is 0 Å². The predicted molar refractivity (Wildman–Crippen MR) is 205 cm³/mol. The first kappa shape index (κ1) is 44.1. The van der Waals surface area contributed by atoms with E-state index >= 15 is 0 Å². The highest BCUT2D eigenvalue weighted by molar-refractivity contribution is 5.95. The molecule has 0 bridgehead atoms. The lowest BCUT2D eigenvalue weighted by Gasteiger charge is -2.35. The Morgan fingerprint density at radius 2 is 1.42 bits per heavy atom. The number of hydrogen-bond donors (Lipinski definition) is 3. The Bertz CT molecular complexity index is 1650. The number of carboxylic acids is 2. The van der Waals surface area contributed by atoms with Crippen LogP contribution in [0.1, 0.15) is 42.9 Å². The Balaban J connectivity index is 1.72. The van der Waals surface area contributed by atoms with Crippen molar-refractivity contribution in [2.75, 3.05) is 83.4 Å². The van der Waals surface area contributed by atoms with E-state index in [0.717, 1.165) is 23.8 Å². The van der Waals surface area contributed by atoms with E-state index in [1.807, 2.05) is 36.1 Å². The third kappa shape index (κ3) is 14.8. The summed E-state index contributed by atoms with van der Waals surface area (Å²) in [5.41, 5.74) is 3.17. The summed E-state index contributed by atoms with van der Waals surface area (Å²) in [7, 11) is 0. The highest BCUT2D eigenvalue weighted by Crippen LogP contribution is 2.24. The number of anilines is 1. The smallest absolute Gasteiger partial charge is 0.317 e. The molecule has 0 saturated carbocycles. The quantitative estimate of drug-likeness (QED) is 0.112. The van der Waals surface area contributed by atoms with Crippen LogP contribution in [-0.4, -0.2) is 150 Å². The summed E-state index contributed by atoms with van der Waals surface area (Å²) in [6.45, 7) is 3.56. The molecule has 1 aliphatic heterocycles. The number of nitrogens with one attached hydrogen (secondary N) is 1. The van der Waals surface area contributed by atoms with Gasteiger partial charge in [-0.05, 0) is 36.1 Å². The molecule has 1 heterocycles. The fourth-order valence-corrected chi connectivity index (χ4v) is 6.54. The third-order valence-electron chi connectivity index (χ3n) is 9.52. The van der Waals surface area contributed by atoms with Crippen LogP contribution in [0.25, 0.3) is 0 Å². The van der Waals surface area contributed by atoms with E-state index in [4.69, 9.17) is 6.42 Å². The standard InChI is InChI=1S/C39H51N7O9/c1-3-30-9-5-6-11-32(30)27-46(33-12-8-7-10-31(33)4-2)36(49)15-16-40-35(48)14-13-34(39(54)41-55)45-23-21-43(28-37(50)51)19-17-42(25-26-47)18-20-44(22-24-45)29-38(52)53/h2,5-12,26,34H,3,13-25,27-29H2,1H3,(H,40,48)(H,50,51)(H,52,53). The van der Waals surface area contributed by atoms with Gasteiger partial charge < -0.3 is 25.2 Å². The number of rotatable bonds is 18. The molecule has 0 aliphatic carbocycles. The van der Waals surface area contributed by atoms with E-state index in [9.17, 15) is 43.9 Å². The minimum atomic E-state index is -1.15. The maximum atomic E-state index is 13.7. The number of nitrogens with zero attached hydrogens (tertiary/aromatic N) is 6. The van der Waals surface area contributed by atoms with Gasteiger partial charge in [-0.15, -0.1) is 11.3 Å². The monoisotopic (exact) mass is 761 g/mol. The largest absolute Gasteiger partial charge is 0.480 e. The highest BCUT2D eigenvalue weighted by Gasteiger charge is 2.29. The van der Waals surface area contributed by atoms with Gasteiger partial charge in [-0.3, -0.25) is 43.6 Å². The molecular formula is C39H51N7O9. The molecule has 0 radical (unpaired) electrons. The fraction of sp³-hybridized carbons (Fsp3) is 0.487. The van der Waals surface area contributed by atoms with Crippen LogP contribution in [0.3, 0.4) is 0 Å². The number of para-hydroxylation sites is 1. The second kappa shape index (κ2) is 23.4. The molecule has 16 nitrogen and oxygen atoms in total. The average molecular weight is 762 g/mol. The second-order valence-electron chi connectivity index (χ2n) is 13.2. The molecule has 3 amide bonds. The molecule has 1 fully saturated rings. The number of aldehydes is 1. The Hall–Kier alpha value is -5.34. The van der Waals surface area contributed by atoms with Crippen molar-refractivity contribution in [3.05, 3.63) is 70.1 Å². The number of carbonyl (C=O) groups excluding carboxylic acids is 4. The van der Waals surface area contributed by atoms with E-state index in [0.29, 0.717) is 24.3 Å². The molecule has 3 N–H and O–H groups in total. The first-order valence-electron chi connectivity index (χ1n) is 18.3. The van der Waals surface area contributed by atoms with Gasteiger partial charge in [-0.2, -0.15) is 0 Å². The van der Waals surface area contributed by atoms with Crippen LogP contribution >= 0.6 is 0 Å². The van der Waals surface area contributed by atoms with Crippen molar-refractivity contribution in [3.8, 4) is 12.3 Å². The van der Waals surface area contributed by atoms with Crippen LogP contribution in [0, 0.1) is 17.3 Å². The normalized spacial score (nSPS) is 15.7. The van der Waals surface area contributed by atoms with Gasteiger partial charge in [-0.1, -0.05) is 49.2 Å². The van der Waals surface area contributed by atoms with E-state index in [-0.39, 0.29) is 97.2 Å². The molecule has 2 aromatic rings. The summed E-state index contributed by atoms with van der Waals surface area (Å²) in [5.74, 6) is -1.25. The summed E-state index contributed by atoms with van der Waals surface area (Å²) >= 11 is 0. The van der Waals surface area contributed by atoms with Gasteiger partial charge >= 0.3 is 17.8 Å². The SMILES string of the molecule is C#Cc1ccccc1N(Cc1ccccc1CC)C(=O)CCNC(=O)CCC(C(=O)N=O)N1CCN(CC(=O)O)CCN(CC=O)CCN(CC(=O)O)CC1. The number of nitroso groups, excluding NO2 is 1. The Morgan fingerprint density at radius 3 is 1.98 bits per heavy atom. The van der Waals surface area contributed by atoms with Gasteiger partial charge in [0.05, 0.1) is 37.9 Å². The summed E-state index contributed by atoms with van der Waals surface area (Å²) in [6.07, 6.45) is 6.93. The molecule has 0 spiro atoms. The average Bonchev–Trinajstić information content (AvgIpc) is 3.17. The van der Waals surface area contributed by atoms with Crippen molar-refractivity contribution in [1.29, 1.82) is 0 Å². The summed E-state index contributed by atoms with van der Waals surface area (Å²) in [4.78, 5) is 94.2. The molecule has 296 valence electrons. The van der Waals surface area contributed by atoms with Crippen molar-refractivity contribution < 1.29 is 39.0 Å². The topological polar surface area (TPSA) is 201 Å². The van der Waals surface area contributed by atoms with Gasteiger partial charge in [0.25, 0.3) is 0 Å². The van der Waals surface area contributed by atoms with Crippen molar-refractivity contribution >= 4 is 41.6 Å².